The molecule has 2 fully saturated rings. The van der Waals surface area contributed by atoms with Crippen LogP contribution in [0.2, 0.25) is 0 Å². The minimum atomic E-state index is -0.456. The molecule has 1 aromatic rings. The number of ether oxygens (including phenoxy) is 1. The lowest BCUT2D eigenvalue weighted by Gasteiger charge is -2.39. The maximum absolute atomic E-state index is 10.3. The second-order valence-electron chi connectivity index (χ2n) is 8.63. The number of hydrogen-bond donors (Lipinski definition) is 2. The Morgan fingerprint density at radius 1 is 1.25 bits per heavy atom. The minimum Gasteiger partial charge on any atom is -0.389 e. The first kappa shape index (κ1) is 17.9. The summed E-state index contributed by atoms with van der Waals surface area (Å²) in [4.78, 5) is 0. The largest absolute Gasteiger partial charge is 0.389 e. The number of hydrogen-bond acceptors (Lipinski definition) is 3. The second kappa shape index (κ2) is 6.78. The van der Waals surface area contributed by atoms with Crippen molar-refractivity contribution in [1.82, 2.24) is 5.32 Å². The van der Waals surface area contributed by atoms with E-state index in [-0.39, 0.29) is 11.5 Å². The van der Waals surface area contributed by atoms with E-state index in [1.165, 1.54) is 18.4 Å². The Balaban J connectivity index is 1.44. The number of fused-ring (bicyclic) bond motifs is 2. The van der Waals surface area contributed by atoms with Crippen LogP contribution < -0.4 is 5.32 Å². The summed E-state index contributed by atoms with van der Waals surface area (Å²) in [5, 5.41) is 13.7. The van der Waals surface area contributed by atoms with Crippen molar-refractivity contribution in [2.24, 2.45) is 16.7 Å². The number of rotatable bonds is 7. The number of benzene rings is 1. The van der Waals surface area contributed by atoms with E-state index in [1.54, 1.807) is 0 Å². The molecule has 24 heavy (non-hydrogen) atoms. The Labute approximate surface area is 146 Å². The Morgan fingerprint density at radius 3 is 2.54 bits per heavy atom. The predicted octanol–water partition coefficient (Wildman–Crippen LogP) is 3.93. The summed E-state index contributed by atoms with van der Waals surface area (Å²) in [5.74, 6) is 0.779. The Kier molecular flexibility index (Phi) is 5.06. The van der Waals surface area contributed by atoms with Crippen molar-refractivity contribution in [2.75, 3.05) is 13.2 Å². The van der Waals surface area contributed by atoms with Gasteiger partial charge in [0.2, 0.25) is 0 Å². The fourth-order valence-electron chi connectivity index (χ4n) is 4.84. The third-order valence-corrected chi connectivity index (χ3v) is 7.16. The highest BCUT2D eigenvalue weighted by atomic mass is 16.5. The van der Waals surface area contributed by atoms with Crippen LogP contribution in [0.5, 0.6) is 0 Å². The van der Waals surface area contributed by atoms with Crippen LogP contribution in [0, 0.1) is 16.7 Å². The topological polar surface area (TPSA) is 41.5 Å². The van der Waals surface area contributed by atoms with Crippen LogP contribution in [0.25, 0.3) is 0 Å². The van der Waals surface area contributed by atoms with Gasteiger partial charge in [0.25, 0.3) is 0 Å². The molecular weight excluding hydrogens is 298 g/mol. The molecule has 3 nitrogen and oxygen atoms in total. The third-order valence-electron chi connectivity index (χ3n) is 7.16. The molecule has 0 unspecified atom stereocenters. The summed E-state index contributed by atoms with van der Waals surface area (Å²) in [7, 11) is 0. The van der Waals surface area contributed by atoms with Gasteiger partial charge in [0, 0.05) is 12.6 Å². The molecular formula is C21H33NO2. The average Bonchev–Trinajstić information content (AvgIpc) is 2.91. The van der Waals surface area contributed by atoms with Gasteiger partial charge >= 0.3 is 0 Å². The maximum atomic E-state index is 10.3. The molecule has 0 heterocycles. The van der Waals surface area contributed by atoms with Crippen molar-refractivity contribution in [3.05, 3.63) is 35.9 Å². The highest BCUT2D eigenvalue weighted by molar-refractivity contribution is 5.18. The molecule has 5 atom stereocenters. The predicted molar refractivity (Wildman–Crippen MR) is 97.8 cm³/mol. The SMILES string of the molecule is C[C@H](NC[C@@H](O)CO[C@@H]1C[C@H]2CC[C@@]1(C)C2(C)C)c1ccccc1. The highest BCUT2D eigenvalue weighted by Gasteiger charge is 2.61. The zero-order valence-corrected chi connectivity index (χ0v) is 15.6. The lowest BCUT2D eigenvalue weighted by atomic mass is 9.70. The van der Waals surface area contributed by atoms with Gasteiger partial charge in [-0.05, 0) is 48.5 Å². The van der Waals surface area contributed by atoms with Crippen LogP contribution in [0.4, 0.5) is 0 Å². The van der Waals surface area contributed by atoms with Gasteiger partial charge < -0.3 is 15.2 Å². The van der Waals surface area contributed by atoms with Crippen molar-refractivity contribution >= 4 is 0 Å². The minimum absolute atomic E-state index is 0.236. The maximum Gasteiger partial charge on any atom is 0.0898 e. The van der Waals surface area contributed by atoms with Crippen LogP contribution in [-0.2, 0) is 4.74 Å². The summed E-state index contributed by atoms with van der Waals surface area (Å²) in [5.41, 5.74) is 1.87. The van der Waals surface area contributed by atoms with Crippen LogP contribution in [0.1, 0.15) is 58.6 Å². The van der Waals surface area contributed by atoms with Crippen LogP contribution in [0.3, 0.4) is 0 Å². The molecule has 0 radical (unpaired) electrons. The van der Waals surface area contributed by atoms with E-state index >= 15 is 0 Å². The van der Waals surface area contributed by atoms with Crippen molar-refractivity contribution in [3.63, 3.8) is 0 Å². The van der Waals surface area contributed by atoms with Gasteiger partial charge in [-0.2, -0.15) is 0 Å². The summed E-state index contributed by atoms with van der Waals surface area (Å²) in [6, 6.07) is 10.6. The molecule has 1 aromatic carbocycles. The molecule has 2 aliphatic carbocycles. The Morgan fingerprint density at radius 2 is 1.96 bits per heavy atom. The highest BCUT2D eigenvalue weighted by Crippen LogP contribution is 2.66. The lowest BCUT2D eigenvalue weighted by molar-refractivity contribution is -0.0744. The van der Waals surface area contributed by atoms with Gasteiger partial charge in [0.1, 0.15) is 0 Å². The van der Waals surface area contributed by atoms with Crippen molar-refractivity contribution < 1.29 is 9.84 Å². The van der Waals surface area contributed by atoms with Gasteiger partial charge in [-0.15, -0.1) is 0 Å². The summed E-state index contributed by atoms with van der Waals surface area (Å²) >= 11 is 0. The second-order valence-corrected chi connectivity index (χ2v) is 8.63. The molecule has 134 valence electrons. The van der Waals surface area contributed by atoms with Gasteiger partial charge in [-0.25, -0.2) is 0 Å². The van der Waals surface area contributed by atoms with Crippen molar-refractivity contribution in [2.45, 2.75) is 65.2 Å². The van der Waals surface area contributed by atoms with E-state index < -0.39 is 6.10 Å². The summed E-state index contributed by atoms with van der Waals surface area (Å²) in [6.07, 6.45) is 3.59. The molecule has 2 aliphatic rings. The molecule has 0 saturated heterocycles. The fourth-order valence-corrected chi connectivity index (χ4v) is 4.84. The molecule has 2 N–H and O–H groups in total. The standard InChI is InChI=1S/C21H33NO2/c1-15(16-8-6-5-7-9-16)22-13-18(23)14-24-19-12-17-10-11-21(19,4)20(17,2)3/h5-9,15,17-19,22-23H,10-14H2,1-4H3/t15-,17+,18+,19+,21+/m0/s1. The van der Waals surface area contributed by atoms with E-state index in [0.717, 1.165) is 12.3 Å². The van der Waals surface area contributed by atoms with Crippen molar-refractivity contribution in [1.29, 1.82) is 0 Å². The Bertz CT molecular complexity index is 544. The smallest absolute Gasteiger partial charge is 0.0898 e. The molecule has 0 aromatic heterocycles. The Hall–Kier alpha value is -0.900. The summed E-state index contributed by atoms with van der Waals surface area (Å²) in [6.45, 7) is 10.3. The average molecular weight is 332 g/mol. The van der Waals surface area contributed by atoms with Gasteiger partial charge in [0.15, 0.2) is 0 Å². The number of aliphatic hydroxyl groups excluding tert-OH is 1. The van der Waals surface area contributed by atoms with Gasteiger partial charge in [0.05, 0.1) is 18.8 Å². The summed E-state index contributed by atoms with van der Waals surface area (Å²) < 4.78 is 6.19. The number of aliphatic hydroxyl groups is 1. The molecule has 0 amide bonds. The monoisotopic (exact) mass is 331 g/mol. The van der Waals surface area contributed by atoms with E-state index in [4.69, 9.17) is 4.74 Å². The van der Waals surface area contributed by atoms with Crippen LogP contribution in [-0.4, -0.2) is 30.5 Å². The third kappa shape index (κ3) is 3.14. The molecule has 3 heteroatoms. The molecule has 0 spiro atoms. The van der Waals surface area contributed by atoms with Crippen LogP contribution in [0.15, 0.2) is 30.3 Å². The van der Waals surface area contributed by atoms with Crippen LogP contribution >= 0.6 is 0 Å². The molecule has 0 aliphatic heterocycles. The molecule has 2 saturated carbocycles. The zero-order chi connectivity index (χ0) is 17.4. The van der Waals surface area contributed by atoms with E-state index in [2.05, 4.69) is 45.1 Å². The first-order chi connectivity index (χ1) is 11.3. The first-order valence-electron chi connectivity index (χ1n) is 9.42. The molecule has 3 rings (SSSR count). The normalized spacial score (nSPS) is 33.5. The quantitative estimate of drug-likeness (QED) is 0.795. The number of nitrogens with one attached hydrogen (secondary N) is 1. The van der Waals surface area contributed by atoms with E-state index in [9.17, 15) is 5.11 Å². The van der Waals surface area contributed by atoms with Gasteiger partial charge in [-0.3, -0.25) is 0 Å². The zero-order valence-electron chi connectivity index (χ0n) is 15.6. The molecule has 2 bridgehead atoms. The first-order valence-corrected chi connectivity index (χ1v) is 9.42. The van der Waals surface area contributed by atoms with E-state index in [0.29, 0.717) is 24.7 Å². The van der Waals surface area contributed by atoms with Gasteiger partial charge in [-0.1, -0.05) is 51.1 Å². The van der Waals surface area contributed by atoms with E-state index in [1.807, 2.05) is 18.2 Å². The van der Waals surface area contributed by atoms with Crippen molar-refractivity contribution in [3.8, 4) is 0 Å². The fraction of sp³-hybridized carbons (Fsp3) is 0.714. The lowest BCUT2D eigenvalue weighted by Crippen LogP contribution is -2.40.